The first-order valence-electron chi connectivity index (χ1n) is 5.66. The Morgan fingerprint density at radius 3 is 2.67 bits per heavy atom. The van der Waals surface area contributed by atoms with Crippen LogP contribution in [0.2, 0.25) is 0 Å². The monoisotopic (exact) mass is 346 g/mol. The third-order valence-electron chi connectivity index (χ3n) is 2.31. The van der Waals surface area contributed by atoms with Crippen molar-refractivity contribution in [1.29, 1.82) is 0 Å². The number of aliphatic hydroxyl groups excluding tert-OH is 1. The number of aliphatic hydroxyl groups is 1. The van der Waals surface area contributed by atoms with E-state index in [1.807, 2.05) is 0 Å². The standard InChI is InChI=1S/C10H15FO8S2/c1-3-4-10(2,11)6-17-9(12)8-5-18-20(13,14)7-21(15,16)19-8/h1,8-9,12H,4-7H2,2H3. The molecule has 3 unspecified atom stereocenters. The molecule has 0 amide bonds. The van der Waals surface area contributed by atoms with Gasteiger partial charge in [0.05, 0.1) is 13.2 Å². The van der Waals surface area contributed by atoms with Crippen LogP contribution in [0, 0.1) is 12.3 Å². The Morgan fingerprint density at radius 1 is 1.48 bits per heavy atom. The predicted octanol–water partition coefficient (Wildman–Crippen LogP) is -0.895. The van der Waals surface area contributed by atoms with Gasteiger partial charge in [-0.2, -0.15) is 16.8 Å². The number of hydrogen-bond donors (Lipinski definition) is 1. The van der Waals surface area contributed by atoms with E-state index in [-0.39, 0.29) is 6.42 Å². The maximum Gasteiger partial charge on any atom is 0.284 e. The summed E-state index contributed by atoms with van der Waals surface area (Å²) in [7, 11) is -8.79. The van der Waals surface area contributed by atoms with Gasteiger partial charge < -0.3 is 9.84 Å². The van der Waals surface area contributed by atoms with Crippen LogP contribution in [0.25, 0.3) is 0 Å². The Balaban J connectivity index is 2.70. The molecule has 21 heavy (non-hydrogen) atoms. The molecule has 0 aromatic rings. The number of hydrogen-bond acceptors (Lipinski definition) is 8. The van der Waals surface area contributed by atoms with Crippen LogP contribution in [0.3, 0.4) is 0 Å². The molecule has 1 heterocycles. The fraction of sp³-hybridized carbons (Fsp3) is 0.800. The Bertz CT molecular complexity index is 603. The zero-order chi connectivity index (χ0) is 16.3. The van der Waals surface area contributed by atoms with Crippen LogP contribution in [-0.2, 0) is 33.3 Å². The Kier molecular flexibility index (Phi) is 5.70. The molecular formula is C10H15FO8S2. The van der Waals surface area contributed by atoms with Crippen LogP contribution in [0.15, 0.2) is 0 Å². The molecule has 0 aromatic heterocycles. The van der Waals surface area contributed by atoms with E-state index >= 15 is 0 Å². The molecule has 11 heteroatoms. The summed E-state index contributed by atoms with van der Waals surface area (Å²) in [6, 6.07) is 0. The molecule has 0 radical (unpaired) electrons. The van der Waals surface area contributed by atoms with Gasteiger partial charge in [-0.25, -0.2) is 4.39 Å². The first-order valence-corrected chi connectivity index (χ1v) is 8.82. The Labute approximate surface area is 122 Å². The molecule has 1 saturated heterocycles. The van der Waals surface area contributed by atoms with Crippen LogP contribution >= 0.6 is 0 Å². The highest BCUT2D eigenvalue weighted by atomic mass is 32.3. The minimum Gasteiger partial charge on any atom is -0.366 e. The van der Waals surface area contributed by atoms with Gasteiger partial charge in [0.1, 0.15) is 5.67 Å². The van der Waals surface area contributed by atoms with Crippen molar-refractivity contribution in [3.63, 3.8) is 0 Å². The van der Waals surface area contributed by atoms with Gasteiger partial charge in [0.2, 0.25) is 5.08 Å². The maximum atomic E-state index is 13.7. The topological polar surface area (TPSA) is 116 Å². The molecule has 0 aromatic carbocycles. The molecule has 1 N–H and O–H groups in total. The minimum atomic E-state index is -4.46. The molecule has 1 rings (SSSR count). The first-order chi connectivity index (χ1) is 9.46. The Morgan fingerprint density at radius 2 is 2.10 bits per heavy atom. The Hall–Kier alpha value is -0.770. The van der Waals surface area contributed by atoms with Crippen molar-refractivity contribution in [2.24, 2.45) is 0 Å². The molecule has 0 bridgehead atoms. The fourth-order valence-corrected chi connectivity index (χ4v) is 4.16. The average Bonchev–Trinajstić information content (AvgIpc) is 2.40. The van der Waals surface area contributed by atoms with E-state index in [1.165, 1.54) is 0 Å². The summed E-state index contributed by atoms with van der Waals surface area (Å²) >= 11 is 0. The van der Waals surface area contributed by atoms with Gasteiger partial charge in [0.15, 0.2) is 12.4 Å². The van der Waals surface area contributed by atoms with E-state index in [2.05, 4.69) is 14.3 Å². The maximum absolute atomic E-state index is 13.7. The fourth-order valence-electron chi connectivity index (χ4n) is 1.39. The van der Waals surface area contributed by atoms with E-state index < -0.39 is 56.6 Å². The second-order valence-corrected chi connectivity index (χ2v) is 8.25. The lowest BCUT2D eigenvalue weighted by Gasteiger charge is -2.23. The smallest absolute Gasteiger partial charge is 0.284 e. The van der Waals surface area contributed by atoms with Gasteiger partial charge >= 0.3 is 0 Å². The van der Waals surface area contributed by atoms with E-state index in [0.29, 0.717) is 0 Å². The highest BCUT2D eigenvalue weighted by Crippen LogP contribution is 2.19. The third-order valence-corrected chi connectivity index (χ3v) is 5.66. The van der Waals surface area contributed by atoms with Gasteiger partial charge in [0, 0.05) is 6.42 Å². The zero-order valence-electron chi connectivity index (χ0n) is 11.1. The average molecular weight is 346 g/mol. The number of terminal acetylenes is 1. The second kappa shape index (κ2) is 6.55. The van der Waals surface area contributed by atoms with Crippen molar-refractivity contribution in [1.82, 2.24) is 0 Å². The van der Waals surface area contributed by atoms with Crippen molar-refractivity contribution in [2.45, 2.75) is 31.4 Å². The van der Waals surface area contributed by atoms with Crippen molar-refractivity contribution in [3.05, 3.63) is 0 Å². The van der Waals surface area contributed by atoms with Crippen molar-refractivity contribution < 1.29 is 39.4 Å². The molecule has 0 aliphatic carbocycles. The van der Waals surface area contributed by atoms with E-state index in [0.717, 1.165) is 6.92 Å². The summed E-state index contributed by atoms with van der Waals surface area (Å²) in [5, 5.41) is 8.25. The molecular weight excluding hydrogens is 331 g/mol. The van der Waals surface area contributed by atoms with Crippen LogP contribution in [0.1, 0.15) is 13.3 Å². The van der Waals surface area contributed by atoms with Crippen LogP contribution in [0.4, 0.5) is 4.39 Å². The number of rotatable bonds is 5. The minimum absolute atomic E-state index is 0.283. The van der Waals surface area contributed by atoms with E-state index in [4.69, 9.17) is 11.2 Å². The SMILES string of the molecule is C#CCC(C)(F)COC(O)C1COS(=O)(=O)CS(=O)(=O)O1. The lowest BCUT2D eigenvalue weighted by atomic mass is 10.1. The summed E-state index contributed by atoms with van der Waals surface area (Å²) in [5.74, 6) is 2.08. The van der Waals surface area contributed by atoms with E-state index in [9.17, 15) is 26.3 Å². The van der Waals surface area contributed by atoms with Crippen molar-refractivity contribution >= 4 is 20.2 Å². The van der Waals surface area contributed by atoms with Crippen LogP contribution < -0.4 is 0 Å². The molecule has 122 valence electrons. The lowest BCUT2D eigenvalue weighted by molar-refractivity contribution is -0.175. The van der Waals surface area contributed by atoms with Crippen LogP contribution in [-0.4, -0.2) is 58.3 Å². The molecule has 0 saturated carbocycles. The molecule has 0 spiro atoms. The van der Waals surface area contributed by atoms with Crippen molar-refractivity contribution in [2.75, 3.05) is 18.3 Å². The van der Waals surface area contributed by atoms with Gasteiger partial charge in [-0.15, -0.1) is 12.3 Å². The van der Waals surface area contributed by atoms with Crippen LogP contribution in [0.5, 0.6) is 0 Å². The zero-order valence-corrected chi connectivity index (χ0v) is 12.7. The molecule has 8 nitrogen and oxygen atoms in total. The normalized spacial score (nSPS) is 28.8. The molecule has 3 atom stereocenters. The highest BCUT2D eigenvalue weighted by Gasteiger charge is 2.37. The summed E-state index contributed by atoms with van der Waals surface area (Å²) in [5.41, 5.74) is -1.94. The van der Waals surface area contributed by atoms with Gasteiger partial charge in [-0.1, -0.05) is 0 Å². The summed E-state index contributed by atoms with van der Waals surface area (Å²) in [6.45, 7) is -0.281. The number of alkyl halides is 1. The lowest BCUT2D eigenvalue weighted by Crippen LogP contribution is -2.39. The summed E-state index contributed by atoms with van der Waals surface area (Å²) in [4.78, 5) is 0. The first kappa shape index (κ1) is 18.3. The molecule has 1 fully saturated rings. The number of ether oxygens (including phenoxy) is 1. The largest absolute Gasteiger partial charge is 0.366 e. The summed E-state index contributed by atoms with van der Waals surface area (Å²) < 4.78 is 72.3. The van der Waals surface area contributed by atoms with Crippen molar-refractivity contribution in [3.8, 4) is 12.3 Å². The van der Waals surface area contributed by atoms with Gasteiger partial charge in [-0.3, -0.25) is 8.37 Å². The van der Waals surface area contributed by atoms with Gasteiger partial charge in [-0.05, 0) is 6.92 Å². The highest BCUT2D eigenvalue weighted by molar-refractivity contribution is 8.03. The second-order valence-electron chi connectivity index (χ2n) is 4.65. The van der Waals surface area contributed by atoms with E-state index in [1.54, 1.807) is 0 Å². The summed E-state index contributed by atoms with van der Waals surface area (Å²) in [6.07, 6.45) is 1.14. The quantitative estimate of drug-likeness (QED) is 0.387. The predicted molar refractivity (Wildman–Crippen MR) is 68.5 cm³/mol. The van der Waals surface area contributed by atoms with Gasteiger partial charge in [0.25, 0.3) is 20.2 Å². The molecule has 1 aliphatic heterocycles. The third kappa shape index (κ3) is 6.25. The number of halogens is 1. The molecule has 1 aliphatic rings.